The minimum Gasteiger partial charge on any atom is -0.497 e. The Morgan fingerprint density at radius 1 is 1.07 bits per heavy atom. The van der Waals surface area contributed by atoms with Gasteiger partial charge in [0.05, 0.1) is 7.11 Å². The number of rotatable bonds is 5. The molecule has 0 aromatic heterocycles. The molecular formula is C24H30FNO. The zero-order chi connectivity index (χ0) is 18.8. The lowest BCUT2D eigenvalue weighted by Crippen LogP contribution is -2.16. The van der Waals surface area contributed by atoms with Gasteiger partial charge in [-0.25, -0.2) is 4.39 Å². The molecule has 2 aliphatic rings. The zero-order valence-electron chi connectivity index (χ0n) is 16.2. The topological polar surface area (TPSA) is 35.2 Å². The molecule has 2 aromatic carbocycles. The van der Waals surface area contributed by atoms with Crippen LogP contribution < -0.4 is 10.5 Å². The van der Waals surface area contributed by atoms with Crippen molar-refractivity contribution in [3.05, 3.63) is 64.5 Å². The molecule has 0 amide bonds. The molecule has 0 radical (unpaired) electrons. The molecule has 1 fully saturated rings. The molecule has 4 rings (SSSR count). The third-order valence-electron chi connectivity index (χ3n) is 6.51. The second-order valence-corrected chi connectivity index (χ2v) is 8.45. The molecule has 3 heteroatoms. The van der Waals surface area contributed by atoms with E-state index >= 15 is 0 Å². The summed E-state index contributed by atoms with van der Waals surface area (Å²) >= 11 is 0. The number of halogens is 1. The number of methoxy groups -OCH3 is 1. The van der Waals surface area contributed by atoms with E-state index in [0.29, 0.717) is 23.6 Å². The highest BCUT2D eigenvalue weighted by atomic mass is 19.1. The van der Waals surface area contributed by atoms with E-state index in [0.717, 1.165) is 37.7 Å². The van der Waals surface area contributed by atoms with Crippen LogP contribution in [0.25, 0.3) is 0 Å². The molecule has 3 atom stereocenters. The van der Waals surface area contributed by atoms with Crippen LogP contribution in [0.15, 0.2) is 36.4 Å². The fourth-order valence-electron chi connectivity index (χ4n) is 4.92. The summed E-state index contributed by atoms with van der Waals surface area (Å²) in [6, 6.07) is 12.6. The summed E-state index contributed by atoms with van der Waals surface area (Å²) in [4.78, 5) is 0. The number of nitrogens with two attached hydrogens (primary N) is 1. The van der Waals surface area contributed by atoms with Gasteiger partial charge in [-0.05, 0) is 97.6 Å². The van der Waals surface area contributed by atoms with Crippen molar-refractivity contribution in [1.82, 2.24) is 0 Å². The van der Waals surface area contributed by atoms with E-state index < -0.39 is 0 Å². The van der Waals surface area contributed by atoms with Gasteiger partial charge >= 0.3 is 0 Å². The molecular weight excluding hydrogens is 337 g/mol. The van der Waals surface area contributed by atoms with Gasteiger partial charge in [-0.15, -0.1) is 0 Å². The Morgan fingerprint density at radius 3 is 2.74 bits per heavy atom. The zero-order valence-corrected chi connectivity index (χ0v) is 16.2. The smallest absolute Gasteiger partial charge is 0.127 e. The molecule has 0 aliphatic heterocycles. The summed E-state index contributed by atoms with van der Waals surface area (Å²) in [7, 11) is 1.59. The quantitative estimate of drug-likeness (QED) is 0.791. The predicted molar refractivity (Wildman–Crippen MR) is 108 cm³/mol. The first-order chi connectivity index (χ1) is 13.1. The van der Waals surface area contributed by atoms with Gasteiger partial charge in [-0.1, -0.05) is 18.2 Å². The van der Waals surface area contributed by atoms with Crippen LogP contribution in [0.2, 0.25) is 0 Å². The lowest BCUT2D eigenvalue weighted by atomic mass is 9.79. The van der Waals surface area contributed by atoms with Crippen molar-refractivity contribution in [2.24, 2.45) is 11.7 Å². The number of ether oxygens (including phenoxy) is 1. The number of benzene rings is 2. The Kier molecular flexibility index (Phi) is 5.49. The maximum absolute atomic E-state index is 13.7. The van der Waals surface area contributed by atoms with Gasteiger partial charge in [-0.2, -0.15) is 0 Å². The largest absolute Gasteiger partial charge is 0.497 e. The van der Waals surface area contributed by atoms with Gasteiger partial charge < -0.3 is 10.5 Å². The maximum atomic E-state index is 13.7. The number of hydrogen-bond donors (Lipinski definition) is 1. The van der Waals surface area contributed by atoms with E-state index in [1.165, 1.54) is 42.0 Å². The highest BCUT2D eigenvalue weighted by molar-refractivity contribution is 5.36. The molecule has 144 valence electrons. The summed E-state index contributed by atoms with van der Waals surface area (Å²) in [5, 5.41) is 0. The van der Waals surface area contributed by atoms with Crippen molar-refractivity contribution < 1.29 is 9.13 Å². The summed E-state index contributed by atoms with van der Waals surface area (Å²) in [6.45, 7) is 0. The van der Waals surface area contributed by atoms with Gasteiger partial charge in [-0.3, -0.25) is 0 Å². The second-order valence-electron chi connectivity index (χ2n) is 8.45. The fraction of sp³-hybridized carbons (Fsp3) is 0.500. The van der Waals surface area contributed by atoms with Gasteiger partial charge in [0.15, 0.2) is 0 Å². The van der Waals surface area contributed by atoms with E-state index in [4.69, 9.17) is 10.5 Å². The van der Waals surface area contributed by atoms with Crippen molar-refractivity contribution >= 4 is 0 Å². The van der Waals surface area contributed by atoms with Crippen LogP contribution in [0.4, 0.5) is 4.39 Å². The molecule has 27 heavy (non-hydrogen) atoms. The number of fused-ring (bicyclic) bond motifs is 1. The van der Waals surface area contributed by atoms with Crippen LogP contribution in [0, 0.1) is 11.7 Å². The average Bonchev–Trinajstić information content (AvgIpc) is 3.11. The lowest BCUT2D eigenvalue weighted by Gasteiger charge is -2.26. The Bertz CT molecular complexity index is 803. The van der Waals surface area contributed by atoms with E-state index in [2.05, 4.69) is 18.2 Å². The van der Waals surface area contributed by atoms with Crippen LogP contribution in [-0.2, 0) is 19.3 Å². The van der Waals surface area contributed by atoms with Gasteiger partial charge in [0.2, 0.25) is 0 Å². The minimum absolute atomic E-state index is 0.211. The predicted octanol–water partition coefficient (Wildman–Crippen LogP) is 5.17. The van der Waals surface area contributed by atoms with Crippen LogP contribution in [0.5, 0.6) is 5.75 Å². The molecule has 2 aliphatic carbocycles. The van der Waals surface area contributed by atoms with E-state index in [1.54, 1.807) is 13.2 Å². The van der Waals surface area contributed by atoms with Crippen molar-refractivity contribution in [1.29, 1.82) is 0 Å². The van der Waals surface area contributed by atoms with Gasteiger partial charge in [0.25, 0.3) is 0 Å². The van der Waals surface area contributed by atoms with Crippen LogP contribution in [0.1, 0.15) is 60.3 Å². The summed E-state index contributed by atoms with van der Waals surface area (Å²) < 4.78 is 18.9. The SMILES string of the molecule is COc1cc(F)cc(CCC2CCc3cc([C@H]4CCC(N)C4)ccc3C2)c1. The molecule has 2 unspecified atom stereocenters. The summed E-state index contributed by atoms with van der Waals surface area (Å²) in [5.74, 6) is 1.74. The molecule has 0 spiro atoms. The first-order valence-corrected chi connectivity index (χ1v) is 10.3. The molecule has 0 heterocycles. The van der Waals surface area contributed by atoms with Gasteiger partial charge in [0.1, 0.15) is 11.6 Å². The molecule has 0 bridgehead atoms. The lowest BCUT2D eigenvalue weighted by molar-refractivity contribution is 0.408. The fourth-order valence-corrected chi connectivity index (χ4v) is 4.92. The third-order valence-corrected chi connectivity index (χ3v) is 6.51. The second kappa shape index (κ2) is 8.02. The molecule has 2 aromatic rings. The monoisotopic (exact) mass is 367 g/mol. The number of hydrogen-bond acceptors (Lipinski definition) is 2. The molecule has 0 saturated heterocycles. The van der Waals surface area contributed by atoms with Crippen molar-refractivity contribution in [3.8, 4) is 5.75 Å². The van der Waals surface area contributed by atoms with Crippen molar-refractivity contribution in [2.45, 2.75) is 63.3 Å². The standard InChI is InChI=1S/C24H30FNO/c1-27-24-12-17(11-22(25)15-24)3-2-16-4-5-19-13-20(7-6-18(19)10-16)21-8-9-23(26)14-21/h6-7,11-13,15-16,21,23H,2-5,8-10,14,26H2,1H3/t16?,21-,23?/m0/s1. The van der Waals surface area contributed by atoms with E-state index in [9.17, 15) is 4.39 Å². The Balaban J connectivity index is 1.38. The average molecular weight is 368 g/mol. The maximum Gasteiger partial charge on any atom is 0.127 e. The van der Waals surface area contributed by atoms with E-state index in [1.807, 2.05) is 6.07 Å². The normalized spacial score (nSPS) is 24.6. The summed E-state index contributed by atoms with van der Waals surface area (Å²) in [6.07, 6.45) is 9.09. The van der Waals surface area contributed by atoms with Crippen LogP contribution in [0.3, 0.4) is 0 Å². The van der Waals surface area contributed by atoms with E-state index in [-0.39, 0.29) is 5.82 Å². The third kappa shape index (κ3) is 4.35. The van der Waals surface area contributed by atoms with Crippen LogP contribution in [-0.4, -0.2) is 13.2 Å². The van der Waals surface area contributed by atoms with Gasteiger partial charge in [0, 0.05) is 12.1 Å². The molecule has 2 N–H and O–H groups in total. The Morgan fingerprint density at radius 2 is 1.96 bits per heavy atom. The minimum atomic E-state index is -0.211. The number of aryl methyl sites for hydroxylation is 2. The molecule has 1 saturated carbocycles. The van der Waals surface area contributed by atoms with Crippen molar-refractivity contribution in [2.75, 3.05) is 7.11 Å². The Hall–Kier alpha value is -1.87. The Labute approximate surface area is 161 Å². The van der Waals surface area contributed by atoms with Crippen molar-refractivity contribution in [3.63, 3.8) is 0 Å². The van der Waals surface area contributed by atoms with Crippen LogP contribution >= 0.6 is 0 Å². The molecule has 2 nitrogen and oxygen atoms in total. The summed E-state index contributed by atoms with van der Waals surface area (Å²) in [5.41, 5.74) is 11.7. The highest BCUT2D eigenvalue weighted by Crippen LogP contribution is 2.36. The first-order valence-electron chi connectivity index (χ1n) is 10.3. The highest BCUT2D eigenvalue weighted by Gasteiger charge is 2.25. The first kappa shape index (κ1) is 18.5.